The van der Waals surface area contributed by atoms with E-state index < -0.39 is 21.4 Å². The first-order valence-corrected chi connectivity index (χ1v) is 7.73. The largest absolute Gasteiger partial charge is 0.481 e. The maximum Gasteiger partial charge on any atom is 0.310 e. The number of hydrogen-bond donors (Lipinski definition) is 2. The van der Waals surface area contributed by atoms with E-state index in [1.807, 2.05) is 0 Å². The number of halogens is 1. The monoisotopic (exact) mass is 341 g/mol. The summed E-state index contributed by atoms with van der Waals surface area (Å²) in [7, 11) is -3.63. The van der Waals surface area contributed by atoms with E-state index in [0.717, 1.165) is 11.3 Å². The Morgan fingerprint density at radius 1 is 1.53 bits per heavy atom. The number of hydrogen-bond acceptors (Lipinski definition) is 4. The molecular weight excluding hydrogens is 330 g/mol. The van der Waals surface area contributed by atoms with Gasteiger partial charge in [-0.25, -0.2) is 13.1 Å². The molecule has 0 unspecified atom stereocenters. The van der Waals surface area contributed by atoms with Gasteiger partial charge in [0.1, 0.15) is 4.21 Å². The van der Waals surface area contributed by atoms with Gasteiger partial charge in [-0.15, -0.1) is 11.3 Å². The van der Waals surface area contributed by atoms with Crippen molar-refractivity contribution in [2.24, 2.45) is 5.41 Å². The van der Waals surface area contributed by atoms with Gasteiger partial charge >= 0.3 is 5.97 Å². The molecule has 5 nitrogen and oxygen atoms in total. The molecule has 0 bridgehead atoms. The highest BCUT2D eigenvalue weighted by molar-refractivity contribution is 9.11. The van der Waals surface area contributed by atoms with Gasteiger partial charge in [0.25, 0.3) is 0 Å². The van der Waals surface area contributed by atoms with Crippen molar-refractivity contribution < 1.29 is 18.3 Å². The van der Waals surface area contributed by atoms with Crippen LogP contribution in [0.25, 0.3) is 0 Å². The lowest BCUT2D eigenvalue weighted by atomic mass is 9.95. The number of rotatable bonds is 5. The number of carboxylic acid groups (broad SMARTS) is 1. The lowest BCUT2D eigenvalue weighted by Gasteiger charge is -2.18. The van der Waals surface area contributed by atoms with Gasteiger partial charge in [-0.05, 0) is 41.9 Å². The van der Waals surface area contributed by atoms with E-state index in [-0.39, 0.29) is 10.8 Å². The Labute approximate surface area is 112 Å². The molecule has 0 saturated carbocycles. The predicted octanol–water partition coefficient (Wildman–Crippen LogP) is 1.90. The number of aliphatic carboxylic acids is 1. The quantitative estimate of drug-likeness (QED) is 0.856. The van der Waals surface area contributed by atoms with Crippen molar-refractivity contribution in [3.05, 3.63) is 15.9 Å². The van der Waals surface area contributed by atoms with Gasteiger partial charge in [0.15, 0.2) is 0 Å². The molecule has 1 heterocycles. The molecule has 0 aliphatic rings. The summed E-state index contributed by atoms with van der Waals surface area (Å²) in [5.74, 6) is -1.05. The fraction of sp³-hybridized carbons (Fsp3) is 0.444. The number of carboxylic acids is 1. The molecule has 1 rings (SSSR count). The van der Waals surface area contributed by atoms with Crippen LogP contribution in [0, 0.1) is 5.41 Å². The van der Waals surface area contributed by atoms with Crippen LogP contribution >= 0.6 is 27.3 Å². The zero-order valence-corrected chi connectivity index (χ0v) is 12.4. The highest BCUT2D eigenvalue weighted by Crippen LogP contribution is 2.26. The van der Waals surface area contributed by atoms with E-state index in [1.54, 1.807) is 6.07 Å². The van der Waals surface area contributed by atoms with Gasteiger partial charge < -0.3 is 5.11 Å². The molecular formula is C9H12BrNO4S2. The summed E-state index contributed by atoms with van der Waals surface area (Å²) in [5, 5.41) is 8.87. The van der Waals surface area contributed by atoms with Crippen molar-refractivity contribution in [2.75, 3.05) is 6.54 Å². The summed E-state index contributed by atoms with van der Waals surface area (Å²) >= 11 is 4.24. The molecule has 0 aliphatic carbocycles. The molecule has 1 aromatic rings. The zero-order valence-electron chi connectivity index (χ0n) is 9.23. The van der Waals surface area contributed by atoms with Gasteiger partial charge in [-0.1, -0.05) is 0 Å². The van der Waals surface area contributed by atoms with E-state index in [9.17, 15) is 13.2 Å². The average Bonchev–Trinajstić information content (AvgIpc) is 2.63. The molecule has 8 heteroatoms. The van der Waals surface area contributed by atoms with Crippen molar-refractivity contribution >= 4 is 43.3 Å². The first kappa shape index (κ1) is 14.6. The zero-order chi connectivity index (χ0) is 13.3. The van der Waals surface area contributed by atoms with Gasteiger partial charge in [0, 0.05) is 6.54 Å². The molecule has 0 aromatic carbocycles. The van der Waals surface area contributed by atoms with Gasteiger partial charge in [0.2, 0.25) is 10.0 Å². The molecule has 0 radical (unpaired) electrons. The fourth-order valence-corrected chi connectivity index (χ4v) is 4.13. The number of nitrogens with one attached hydrogen (secondary N) is 1. The Morgan fingerprint density at radius 2 is 2.12 bits per heavy atom. The number of carbonyl (C=O) groups is 1. The molecule has 0 atom stereocenters. The third-order valence-corrected chi connectivity index (χ3v) is 5.61. The average molecular weight is 342 g/mol. The minimum atomic E-state index is -3.63. The standard InChI is InChI=1S/C9H12BrNO4S2/c1-9(2,8(12)13)5-11-17(14,15)7-4-3-6(10)16-7/h3-4,11H,5H2,1-2H3,(H,12,13). The molecule has 0 fully saturated rings. The molecule has 2 N–H and O–H groups in total. The second-order valence-electron chi connectivity index (χ2n) is 4.07. The van der Waals surface area contributed by atoms with Crippen molar-refractivity contribution in [1.29, 1.82) is 0 Å². The van der Waals surface area contributed by atoms with Crippen LogP contribution in [-0.2, 0) is 14.8 Å². The van der Waals surface area contributed by atoms with Crippen LogP contribution in [0.15, 0.2) is 20.1 Å². The van der Waals surface area contributed by atoms with Crippen LogP contribution < -0.4 is 4.72 Å². The summed E-state index contributed by atoms with van der Waals surface area (Å²) in [6, 6.07) is 3.09. The smallest absolute Gasteiger partial charge is 0.310 e. The Kier molecular flexibility index (Phi) is 4.34. The van der Waals surface area contributed by atoms with Crippen molar-refractivity contribution in [3.63, 3.8) is 0 Å². The molecule has 1 aromatic heterocycles. The summed E-state index contributed by atoms with van der Waals surface area (Å²) in [5.41, 5.74) is -1.14. The Balaban J connectivity index is 2.79. The predicted molar refractivity (Wildman–Crippen MR) is 68.6 cm³/mol. The topological polar surface area (TPSA) is 83.5 Å². The molecule has 0 spiro atoms. The maximum absolute atomic E-state index is 11.8. The second-order valence-corrected chi connectivity index (χ2v) is 8.53. The second kappa shape index (κ2) is 5.05. The van der Waals surface area contributed by atoms with E-state index in [2.05, 4.69) is 20.7 Å². The maximum atomic E-state index is 11.8. The molecule has 0 aliphatic heterocycles. The highest BCUT2D eigenvalue weighted by atomic mass is 79.9. The van der Waals surface area contributed by atoms with E-state index in [4.69, 9.17) is 5.11 Å². The minimum Gasteiger partial charge on any atom is -0.481 e. The molecule has 17 heavy (non-hydrogen) atoms. The van der Waals surface area contributed by atoms with E-state index in [0.29, 0.717) is 3.79 Å². The Hall–Kier alpha value is -0.440. The van der Waals surface area contributed by atoms with Crippen molar-refractivity contribution in [3.8, 4) is 0 Å². The fourth-order valence-electron chi connectivity index (χ4n) is 0.864. The summed E-state index contributed by atoms with van der Waals surface area (Å²) in [6.45, 7) is 2.77. The third kappa shape index (κ3) is 3.77. The summed E-state index contributed by atoms with van der Waals surface area (Å²) in [4.78, 5) is 10.8. The van der Waals surface area contributed by atoms with Gasteiger partial charge in [0.05, 0.1) is 9.20 Å². The van der Waals surface area contributed by atoms with Crippen LogP contribution in [0.2, 0.25) is 0 Å². The normalized spacial score (nSPS) is 12.6. The van der Waals surface area contributed by atoms with Crippen molar-refractivity contribution in [2.45, 2.75) is 18.1 Å². The van der Waals surface area contributed by atoms with Crippen LogP contribution in [0.1, 0.15) is 13.8 Å². The molecule has 0 amide bonds. The Bertz CT molecular complexity index is 521. The lowest BCUT2D eigenvalue weighted by molar-refractivity contribution is -0.146. The Morgan fingerprint density at radius 3 is 2.53 bits per heavy atom. The summed E-state index contributed by atoms with van der Waals surface area (Å²) in [6.07, 6.45) is 0. The van der Waals surface area contributed by atoms with Gasteiger partial charge in [-0.3, -0.25) is 4.79 Å². The number of sulfonamides is 1. The highest BCUT2D eigenvalue weighted by Gasteiger charge is 2.29. The van der Waals surface area contributed by atoms with Crippen LogP contribution in [0.5, 0.6) is 0 Å². The van der Waals surface area contributed by atoms with Crippen molar-refractivity contribution in [1.82, 2.24) is 4.72 Å². The summed E-state index contributed by atoms with van der Waals surface area (Å²) < 4.78 is 26.8. The van der Waals surface area contributed by atoms with E-state index in [1.165, 1.54) is 19.9 Å². The van der Waals surface area contributed by atoms with Gasteiger partial charge in [-0.2, -0.15) is 0 Å². The van der Waals surface area contributed by atoms with E-state index >= 15 is 0 Å². The first-order chi connectivity index (χ1) is 7.65. The lowest BCUT2D eigenvalue weighted by Crippen LogP contribution is -2.38. The first-order valence-electron chi connectivity index (χ1n) is 4.63. The third-order valence-electron chi connectivity index (χ3n) is 2.10. The van der Waals surface area contributed by atoms with Crippen LogP contribution in [0.4, 0.5) is 0 Å². The minimum absolute atomic E-state index is 0.153. The molecule has 0 saturated heterocycles. The number of thiophene rings is 1. The molecule has 96 valence electrons. The van der Waals surface area contributed by atoms with Crippen LogP contribution in [0.3, 0.4) is 0 Å². The van der Waals surface area contributed by atoms with Crippen LogP contribution in [-0.4, -0.2) is 26.0 Å². The SMILES string of the molecule is CC(C)(CNS(=O)(=O)c1ccc(Br)s1)C(=O)O.